The summed E-state index contributed by atoms with van der Waals surface area (Å²) in [5, 5.41) is 0. The van der Waals surface area contributed by atoms with Gasteiger partial charge in [0.25, 0.3) is 0 Å². The molecule has 2 rings (SSSR count). The van der Waals surface area contributed by atoms with Gasteiger partial charge in [0.1, 0.15) is 0 Å². The summed E-state index contributed by atoms with van der Waals surface area (Å²) in [4.78, 5) is 0. The summed E-state index contributed by atoms with van der Waals surface area (Å²) in [5.74, 6) is -1.05. The number of halogens is 3. The van der Waals surface area contributed by atoms with Gasteiger partial charge in [-0.25, -0.2) is 8.78 Å². The molecule has 1 aliphatic heterocycles. The van der Waals surface area contributed by atoms with Gasteiger partial charge in [0.05, 0.1) is 6.67 Å². The third-order valence-electron chi connectivity index (χ3n) is 5.01. The second-order valence-electron chi connectivity index (χ2n) is 6.64. The lowest BCUT2D eigenvalue weighted by Crippen LogP contribution is -2.20. The van der Waals surface area contributed by atoms with Crippen molar-refractivity contribution in [3.8, 4) is 0 Å². The Morgan fingerprint density at radius 1 is 0.909 bits per heavy atom. The molecule has 0 amide bonds. The first-order valence-corrected chi connectivity index (χ1v) is 11.2. The molecular weight excluding hydrogens is 301 g/mol. The van der Waals surface area contributed by atoms with Crippen LogP contribution in [0.3, 0.4) is 0 Å². The molecule has 1 fully saturated rings. The fourth-order valence-corrected chi connectivity index (χ4v) is 7.09. The summed E-state index contributed by atoms with van der Waals surface area (Å²) in [5.41, 5.74) is 0.970. The Morgan fingerprint density at radius 2 is 1.59 bits per heavy atom. The first kappa shape index (κ1) is 17.6. The van der Waals surface area contributed by atoms with Gasteiger partial charge in [-0.2, -0.15) is 0 Å². The number of alkyl halides is 1. The molecule has 22 heavy (non-hydrogen) atoms. The fraction of sp³-hybridized carbons (Fsp3) is 0.667. The molecule has 0 nitrogen and oxygen atoms in total. The number of rotatable bonds is 8. The number of benzene rings is 1. The van der Waals surface area contributed by atoms with Crippen molar-refractivity contribution in [1.82, 2.24) is 0 Å². The highest BCUT2D eigenvalue weighted by atomic mass is 28.3. The van der Waals surface area contributed by atoms with Crippen LogP contribution in [0.25, 0.3) is 0 Å². The fourth-order valence-electron chi connectivity index (χ4n) is 3.61. The maximum atomic E-state index is 13.3. The van der Waals surface area contributed by atoms with Crippen LogP contribution in [0, 0.1) is 11.6 Å². The van der Waals surface area contributed by atoms with E-state index in [1.54, 1.807) is 6.07 Å². The predicted molar refractivity (Wildman–Crippen MR) is 89.0 cm³/mol. The molecule has 0 radical (unpaired) electrons. The second kappa shape index (κ2) is 9.38. The summed E-state index contributed by atoms with van der Waals surface area (Å²) >= 11 is 0. The minimum atomic E-state index is -0.750. The first-order chi connectivity index (χ1) is 10.7. The summed E-state index contributed by atoms with van der Waals surface area (Å²) < 4.78 is 38.3. The highest BCUT2D eigenvalue weighted by Gasteiger charge is 2.23. The Bertz CT molecular complexity index is 442. The lowest BCUT2D eigenvalue weighted by molar-refractivity contribution is 0.452. The molecule has 0 saturated carbocycles. The van der Waals surface area contributed by atoms with E-state index in [0.717, 1.165) is 31.2 Å². The quantitative estimate of drug-likeness (QED) is 0.406. The van der Waals surface area contributed by atoms with E-state index < -0.39 is 20.4 Å². The van der Waals surface area contributed by atoms with Gasteiger partial charge in [-0.3, -0.25) is 4.39 Å². The van der Waals surface area contributed by atoms with Crippen LogP contribution < -0.4 is 0 Å². The average Bonchev–Trinajstić information content (AvgIpc) is 2.54. The van der Waals surface area contributed by atoms with Crippen LogP contribution in [-0.2, 0) is 0 Å². The van der Waals surface area contributed by atoms with Crippen LogP contribution in [0.15, 0.2) is 18.2 Å². The van der Waals surface area contributed by atoms with Crippen molar-refractivity contribution < 1.29 is 13.2 Å². The van der Waals surface area contributed by atoms with Crippen molar-refractivity contribution in [1.29, 1.82) is 0 Å². The zero-order chi connectivity index (χ0) is 15.8. The Balaban J connectivity index is 1.66. The minimum Gasteiger partial charge on any atom is -0.251 e. The molecule has 1 aliphatic rings. The van der Waals surface area contributed by atoms with Crippen LogP contribution >= 0.6 is 0 Å². The Morgan fingerprint density at radius 3 is 2.27 bits per heavy atom. The normalized spacial score (nSPS) is 22.0. The second-order valence-corrected chi connectivity index (χ2v) is 10.1. The van der Waals surface area contributed by atoms with Gasteiger partial charge in [-0.1, -0.05) is 49.9 Å². The van der Waals surface area contributed by atoms with Crippen LogP contribution in [0.2, 0.25) is 18.1 Å². The Kier molecular flexibility index (Phi) is 7.50. The summed E-state index contributed by atoms with van der Waals surface area (Å²) in [6.45, 7) is -0.178. The van der Waals surface area contributed by atoms with Crippen molar-refractivity contribution in [3.63, 3.8) is 0 Å². The van der Waals surface area contributed by atoms with Gasteiger partial charge in [-0.15, -0.1) is 0 Å². The van der Waals surface area contributed by atoms with E-state index in [9.17, 15) is 13.2 Å². The third-order valence-corrected chi connectivity index (χ3v) is 8.53. The van der Waals surface area contributed by atoms with E-state index in [1.807, 2.05) is 0 Å². The van der Waals surface area contributed by atoms with Crippen molar-refractivity contribution >= 4 is 8.80 Å². The van der Waals surface area contributed by atoms with Crippen molar-refractivity contribution in [2.24, 2.45) is 0 Å². The molecule has 1 aromatic rings. The van der Waals surface area contributed by atoms with Crippen LogP contribution in [-0.4, -0.2) is 15.5 Å². The van der Waals surface area contributed by atoms with Gasteiger partial charge in [0.15, 0.2) is 11.6 Å². The first-order valence-electron chi connectivity index (χ1n) is 8.71. The molecule has 1 saturated heterocycles. The van der Waals surface area contributed by atoms with E-state index in [0.29, 0.717) is 5.92 Å². The Hall–Kier alpha value is -0.773. The molecule has 0 atom stereocenters. The summed E-state index contributed by atoms with van der Waals surface area (Å²) in [7, 11) is -0.611. The van der Waals surface area contributed by atoms with E-state index in [1.165, 1.54) is 49.5 Å². The predicted octanol–water partition coefficient (Wildman–Crippen LogP) is 5.99. The summed E-state index contributed by atoms with van der Waals surface area (Å²) in [6, 6.07) is 8.44. The van der Waals surface area contributed by atoms with Crippen molar-refractivity contribution in [3.05, 3.63) is 35.4 Å². The topological polar surface area (TPSA) is 0 Å². The van der Waals surface area contributed by atoms with Gasteiger partial charge < -0.3 is 0 Å². The number of hydrogen-bond acceptors (Lipinski definition) is 0. The van der Waals surface area contributed by atoms with Crippen molar-refractivity contribution in [2.45, 2.75) is 69.0 Å². The standard InChI is InChI=1S/C18H27F3Si/c19-10-4-2-1-3-5-11-22-12-8-15(9-13-22)16-6-7-17(20)18(21)14-16/h6-7,14-15,22H,1-5,8-13H2. The van der Waals surface area contributed by atoms with Crippen LogP contribution in [0.1, 0.15) is 56.4 Å². The van der Waals surface area contributed by atoms with Crippen LogP contribution in [0.5, 0.6) is 0 Å². The monoisotopic (exact) mass is 328 g/mol. The van der Waals surface area contributed by atoms with E-state index in [2.05, 4.69) is 0 Å². The average molecular weight is 328 g/mol. The third kappa shape index (κ3) is 5.45. The number of unbranched alkanes of at least 4 members (excludes halogenated alkanes) is 4. The summed E-state index contributed by atoms with van der Waals surface area (Å²) in [6.07, 6.45) is 7.75. The maximum absolute atomic E-state index is 13.3. The molecule has 1 heterocycles. The van der Waals surface area contributed by atoms with Gasteiger partial charge in [0.2, 0.25) is 0 Å². The van der Waals surface area contributed by atoms with Gasteiger partial charge in [0, 0.05) is 8.80 Å². The molecule has 0 aliphatic carbocycles. The highest BCUT2D eigenvalue weighted by Crippen LogP contribution is 2.35. The lowest BCUT2D eigenvalue weighted by atomic mass is 9.93. The zero-order valence-corrected chi connectivity index (χ0v) is 14.5. The molecule has 4 heteroatoms. The SMILES string of the molecule is FCCCCCCC[SiH]1CCC(c2ccc(F)c(F)c2)CC1. The zero-order valence-electron chi connectivity index (χ0n) is 13.3. The smallest absolute Gasteiger partial charge is 0.159 e. The molecule has 0 unspecified atom stereocenters. The van der Waals surface area contributed by atoms with Gasteiger partial charge >= 0.3 is 0 Å². The lowest BCUT2D eigenvalue weighted by Gasteiger charge is -2.28. The Labute approximate surface area is 133 Å². The molecule has 124 valence electrons. The molecule has 0 bridgehead atoms. The molecule has 0 N–H and O–H groups in total. The van der Waals surface area contributed by atoms with Gasteiger partial charge in [-0.05, 0) is 42.9 Å². The van der Waals surface area contributed by atoms with E-state index >= 15 is 0 Å². The molecule has 0 aromatic heterocycles. The van der Waals surface area contributed by atoms with Crippen LogP contribution in [0.4, 0.5) is 13.2 Å². The highest BCUT2D eigenvalue weighted by molar-refractivity contribution is 6.59. The minimum absolute atomic E-state index is 0.178. The largest absolute Gasteiger partial charge is 0.251 e. The van der Waals surface area contributed by atoms with E-state index in [-0.39, 0.29) is 6.67 Å². The van der Waals surface area contributed by atoms with Crippen molar-refractivity contribution in [2.75, 3.05) is 6.67 Å². The molecular formula is C18H27F3Si. The number of hydrogen-bond donors (Lipinski definition) is 0. The van der Waals surface area contributed by atoms with E-state index in [4.69, 9.17) is 0 Å². The molecule has 0 spiro atoms. The maximum Gasteiger partial charge on any atom is 0.159 e. The molecule has 1 aromatic carbocycles.